The van der Waals surface area contributed by atoms with Crippen LogP contribution in [0.5, 0.6) is 0 Å². The summed E-state index contributed by atoms with van der Waals surface area (Å²) in [4.78, 5) is 2.46. The molecule has 0 radical (unpaired) electrons. The first-order valence-corrected chi connectivity index (χ1v) is 6.45. The highest BCUT2D eigenvalue weighted by molar-refractivity contribution is 5.85. The van der Waals surface area contributed by atoms with Crippen molar-refractivity contribution >= 4 is 18.1 Å². The molecular weight excluding hydrogens is 232 g/mol. The van der Waals surface area contributed by atoms with Gasteiger partial charge in [-0.15, -0.1) is 12.4 Å². The molecule has 0 aromatic heterocycles. The Balaban J connectivity index is 0.00000108. The molecule has 1 saturated heterocycles. The molecule has 0 unspecified atom stereocenters. The van der Waals surface area contributed by atoms with Crippen molar-refractivity contribution in [2.45, 2.75) is 31.7 Å². The van der Waals surface area contributed by atoms with Gasteiger partial charge in [0.25, 0.3) is 0 Å². The first-order valence-electron chi connectivity index (χ1n) is 6.45. The minimum absolute atomic E-state index is 0. The predicted octanol–water partition coefficient (Wildman–Crippen LogP) is 3.12. The van der Waals surface area contributed by atoms with Crippen molar-refractivity contribution in [2.75, 3.05) is 18.0 Å². The summed E-state index contributed by atoms with van der Waals surface area (Å²) in [7, 11) is 0. The molecule has 2 N–H and O–H groups in total. The van der Waals surface area contributed by atoms with Crippen molar-refractivity contribution in [3.8, 4) is 0 Å². The lowest BCUT2D eigenvalue weighted by Crippen LogP contribution is -2.18. The molecule has 2 fully saturated rings. The lowest BCUT2D eigenvalue weighted by atomic mass is 10.0. The van der Waals surface area contributed by atoms with Gasteiger partial charge in [0, 0.05) is 24.8 Å². The maximum Gasteiger partial charge on any atom is 0.0366 e. The molecule has 2 aliphatic rings. The van der Waals surface area contributed by atoms with Crippen LogP contribution in [0.1, 0.15) is 37.3 Å². The molecule has 0 spiro atoms. The van der Waals surface area contributed by atoms with E-state index in [-0.39, 0.29) is 18.4 Å². The Kier molecular flexibility index (Phi) is 3.95. The monoisotopic (exact) mass is 252 g/mol. The van der Waals surface area contributed by atoms with Gasteiger partial charge in [-0.05, 0) is 49.3 Å². The van der Waals surface area contributed by atoms with Crippen LogP contribution in [0.2, 0.25) is 0 Å². The minimum Gasteiger partial charge on any atom is -0.372 e. The number of rotatable bonds is 3. The molecule has 1 aliphatic heterocycles. The number of nitrogens with zero attached hydrogens (tertiary/aromatic N) is 1. The highest BCUT2D eigenvalue weighted by Gasteiger charge is 2.29. The van der Waals surface area contributed by atoms with E-state index in [0.717, 1.165) is 5.92 Å². The third-order valence-corrected chi connectivity index (χ3v) is 3.88. The predicted molar refractivity (Wildman–Crippen MR) is 74.8 cm³/mol. The molecule has 2 nitrogen and oxygen atoms in total. The highest BCUT2D eigenvalue weighted by Crippen LogP contribution is 2.39. The van der Waals surface area contributed by atoms with Gasteiger partial charge in [0.15, 0.2) is 0 Å². The zero-order chi connectivity index (χ0) is 11.0. The summed E-state index contributed by atoms with van der Waals surface area (Å²) >= 11 is 0. The van der Waals surface area contributed by atoms with E-state index in [9.17, 15) is 0 Å². The van der Waals surface area contributed by atoms with Crippen molar-refractivity contribution < 1.29 is 0 Å². The third kappa shape index (κ3) is 2.75. The van der Waals surface area contributed by atoms with Crippen molar-refractivity contribution in [2.24, 2.45) is 11.7 Å². The fourth-order valence-electron chi connectivity index (χ4n) is 2.61. The van der Waals surface area contributed by atoms with Crippen LogP contribution < -0.4 is 10.6 Å². The first kappa shape index (κ1) is 12.7. The van der Waals surface area contributed by atoms with Crippen LogP contribution >= 0.6 is 12.4 Å². The first-order chi connectivity index (χ1) is 7.84. The topological polar surface area (TPSA) is 29.3 Å². The molecule has 1 aromatic rings. The largest absolute Gasteiger partial charge is 0.372 e. The van der Waals surface area contributed by atoms with Gasteiger partial charge in [-0.25, -0.2) is 0 Å². The number of anilines is 1. The second kappa shape index (κ2) is 5.28. The molecule has 1 atom stereocenters. The van der Waals surface area contributed by atoms with E-state index in [1.54, 1.807) is 0 Å². The summed E-state index contributed by atoms with van der Waals surface area (Å²) < 4.78 is 0. The Morgan fingerprint density at radius 2 is 1.65 bits per heavy atom. The molecule has 3 heteroatoms. The van der Waals surface area contributed by atoms with Gasteiger partial charge in [-0.1, -0.05) is 12.1 Å². The second-order valence-corrected chi connectivity index (χ2v) is 5.15. The molecule has 0 bridgehead atoms. The summed E-state index contributed by atoms with van der Waals surface area (Å²) in [5.41, 5.74) is 8.87. The fourth-order valence-corrected chi connectivity index (χ4v) is 2.61. The van der Waals surface area contributed by atoms with Crippen LogP contribution in [-0.4, -0.2) is 13.1 Å². The third-order valence-electron chi connectivity index (χ3n) is 3.88. The molecular formula is C14H21ClN2. The maximum atomic E-state index is 6.19. The van der Waals surface area contributed by atoms with Crippen molar-refractivity contribution in [1.82, 2.24) is 0 Å². The standard InChI is InChI=1S/C14H20N2.ClH/c15-14(11-3-4-11)12-5-7-13(8-6-12)16-9-1-2-10-16;/h5-8,11,14H,1-4,9-10,15H2;1H/t14-;/m1./s1. The summed E-state index contributed by atoms with van der Waals surface area (Å²) in [5.74, 6) is 0.748. The fraction of sp³-hybridized carbons (Fsp3) is 0.571. The average molecular weight is 253 g/mol. The van der Waals surface area contributed by atoms with E-state index >= 15 is 0 Å². The zero-order valence-corrected chi connectivity index (χ0v) is 11.0. The quantitative estimate of drug-likeness (QED) is 0.896. The summed E-state index contributed by atoms with van der Waals surface area (Å²) in [6, 6.07) is 9.19. The summed E-state index contributed by atoms with van der Waals surface area (Å²) in [6.07, 6.45) is 5.30. The average Bonchev–Trinajstić information content (AvgIpc) is 3.04. The van der Waals surface area contributed by atoms with Crippen LogP contribution in [0.4, 0.5) is 5.69 Å². The van der Waals surface area contributed by atoms with E-state index in [0.29, 0.717) is 0 Å². The Morgan fingerprint density at radius 3 is 2.18 bits per heavy atom. The molecule has 1 aromatic carbocycles. The van der Waals surface area contributed by atoms with Crippen LogP contribution in [0.25, 0.3) is 0 Å². The highest BCUT2D eigenvalue weighted by atomic mass is 35.5. The zero-order valence-electron chi connectivity index (χ0n) is 10.1. The van der Waals surface area contributed by atoms with Gasteiger partial charge in [0.05, 0.1) is 0 Å². The van der Waals surface area contributed by atoms with Crippen molar-refractivity contribution in [1.29, 1.82) is 0 Å². The van der Waals surface area contributed by atoms with Gasteiger partial charge in [0.2, 0.25) is 0 Å². The van der Waals surface area contributed by atoms with E-state index in [4.69, 9.17) is 5.73 Å². The molecule has 1 aliphatic carbocycles. The van der Waals surface area contributed by atoms with Crippen LogP contribution in [0.3, 0.4) is 0 Å². The molecule has 0 amide bonds. The summed E-state index contributed by atoms with van der Waals surface area (Å²) in [6.45, 7) is 2.43. The molecule has 1 saturated carbocycles. The molecule has 94 valence electrons. The van der Waals surface area contributed by atoms with Crippen LogP contribution in [0.15, 0.2) is 24.3 Å². The van der Waals surface area contributed by atoms with Gasteiger partial charge in [-0.2, -0.15) is 0 Å². The van der Waals surface area contributed by atoms with E-state index in [1.165, 1.54) is 50.0 Å². The SMILES string of the molecule is Cl.N[C@@H](c1ccc(N2CCCC2)cc1)C1CC1. The smallest absolute Gasteiger partial charge is 0.0366 e. The molecule has 1 heterocycles. The Labute approximate surface area is 110 Å². The number of hydrogen-bond acceptors (Lipinski definition) is 2. The Bertz CT molecular complexity index is 332. The van der Waals surface area contributed by atoms with Crippen molar-refractivity contribution in [3.05, 3.63) is 29.8 Å². The maximum absolute atomic E-state index is 6.19. The van der Waals surface area contributed by atoms with E-state index in [2.05, 4.69) is 29.2 Å². The van der Waals surface area contributed by atoms with E-state index in [1.807, 2.05) is 0 Å². The van der Waals surface area contributed by atoms with Gasteiger partial charge in [0.1, 0.15) is 0 Å². The number of nitrogens with two attached hydrogens (primary N) is 1. The second-order valence-electron chi connectivity index (χ2n) is 5.15. The Morgan fingerprint density at radius 1 is 1.06 bits per heavy atom. The molecule has 17 heavy (non-hydrogen) atoms. The number of halogens is 1. The lowest BCUT2D eigenvalue weighted by molar-refractivity contribution is 0.633. The van der Waals surface area contributed by atoms with E-state index < -0.39 is 0 Å². The van der Waals surface area contributed by atoms with Gasteiger partial charge >= 0.3 is 0 Å². The van der Waals surface area contributed by atoms with Gasteiger partial charge in [-0.3, -0.25) is 0 Å². The molecule has 3 rings (SSSR count). The van der Waals surface area contributed by atoms with Crippen LogP contribution in [0, 0.1) is 5.92 Å². The minimum atomic E-state index is 0. The normalized spacial score (nSPS) is 21.1. The number of benzene rings is 1. The Hall–Kier alpha value is -0.730. The van der Waals surface area contributed by atoms with Gasteiger partial charge < -0.3 is 10.6 Å². The summed E-state index contributed by atoms with van der Waals surface area (Å²) in [5, 5.41) is 0. The van der Waals surface area contributed by atoms with Crippen LogP contribution in [-0.2, 0) is 0 Å². The lowest BCUT2D eigenvalue weighted by Gasteiger charge is -2.19. The number of hydrogen-bond donors (Lipinski definition) is 1. The van der Waals surface area contributed by atoms with Crippen molar-refractivity contribution in [3.63, 3.8) is 0 Å².